The van der Waals surface area contributed by atoms with E-state index in [-0.39, 0.29) is 23.9 Å². The molecule has 0 aliphatic rings. The third kappa shape index (κ3) is 5.37. The first-order chi connectivity index (χ1) is 12.8. The van der Waals surface area contributed by atoms with Crippen LogP contribution in [0.25, 0.3) is 0 Å². The number of nitrogens with zero attached hydrogens (tertiary/aromatic N) is 1. The van der Waals surface area contributed by atoms with Gasteiger partial charge in [-0.3, -0.25) is 4.79 Å². The maximum absolute atomic E-state index is 11.9. The number of hydrazone groups is 1. The van der Waals surface area contributed by atoms with Gasteiger partial charge in [-0.25, -0.2) is 5.43 Å². The normalized spacial score (nSPS) is 10.7. The number of phenols is 1. The molecule has 0 unspecified atom stereocenters. The minimum absolute atomic E-state index is 0.103. The van der Waals surface area contributed by atoms with E-state index in [4.69, 9.17) is 14.2 Å². The zero-order valence-electron chi connectivity index (χ0n) is 15.5. The number of ether oxygens (including phenoxy) is 3. The number of carbonyl (C=O) groups is 1. The lowest BCUT2D eigenvalue weighted by Gasteiger charge is -2.11. The summed E-state index contributed by atoms with van der Waals surface area (Å²) in [6.45, 7) is 3.72. The van der Waals surface area contributed by atoms with Crippen molar-refractivity contribution in [2.45, 2.75) is 13.8 Å². The van der Waals surface area contributed by atoms with Crippen molar-refractivity contribution in [1.82, 2.24) is 5.43 Å². The summed E-state index contributed by atoms with van der Waals surface area (Å²) < 4.78 is 16.5. The summed E-state index contributed by atoms with van der Waals surface area (Å²) >= 11 is 3.43. The molecule has 2 aromatic carbocycles. The van der Waals surface area contributed by atoms with Gasteiger partial charge in [0, 0.05) is 5.56 Å². The topological polar surface area (TPSA) is 89.4 Å². The zero-order chi connectivity index (χ0) is 20.0. The maximum atomic E-state index is 11.9. The van der Waals surface area contributed by atoms with Gasteiger partial charge in [0.2, 0.25) is 5.75 Å². The highest BCUT2D eigenvalue weighted by molar-refractivity contribution is 9.10. The Hall–Kier alpha value is -2.74. The lowest BCUT2D eigenvalue weighted by molar-refractivity contribution is -0.123. The molecule has 144 valence electrons. The Morgan fingerprint density at radius 3 is 2.37 bits per heavy atom. The van der Waals surface area contributed by atoms with E-state index >= 15 is 0 Å². The van der Waals surface area contributed by atoms with Gasteiger partial charge in [-0.15, -0.1) is 0 Å². The first kappa shape index (κ1) is 20.6. The van der Waals surface area contributed by atoms with Crippen LogP contribution in [0.5, 0.6) is 23.0 Å². The molecule has 0 atom stereocenters. The molecule has 0 aliphatic carbocycles. The molecule has 0 radical (unpaired) electrons. The number of halogens is 1. The molecular weight excluding hydrogens is 416 g/mol. The molecule has 1 amide bonds. The minimum Gasteiger partial charge on any atom is -0.502 e. The maximum Gasteiger partial charge on any atom is 0.277 e. The summed E-state index contributed by atoms with van der Waals surface area (Å²) in [5.41, 5.74) is 5.00. The third-order valence-corrected chi connectivity index (χ3v) is 4.22. The first-order valence-corrected chi connectivity index (χ1v) is 8.81. The quantitative estimate of drug-likeness (QED) is 0.513. The van der Waals surface area contributed by atoms with Gasteiger partial charge in [0.15, 0.2) is 18.1 Å². The summed E-state index contributed by atoms with van der Waals surface area (Å²) in [7, 11) is 2.86. The molecule has 0 fully saturated rings. The fraction of sp³-hybridized carbons (Fsp3) is 0.263. The van der Waals surface area contributed by atoms with E-state index < -0.39 is 5.91 Å². The van der Waals surface area contributed by atoms with Gasteiger partial charge in [0.25, 0.3) is 5.91 Å². The highest BCUT2D eigenvalue weighted by atomic mass is 79.9. The number of amides is 1. The molecule has 0 aromatic heterocycles. The number of carbonyl (C=O) groups excluding carboxylic acids is 1. The zero-order valence-corrected chi connectivity index (χ0v) is 17.1. The number of phenolic OH excluding ortho intramolecular Hbond substituents is 1. The van der Waals surface area contributed by atoms with E-state index in [9.17, 15) is 9.90 Å². The van der Waals surface area contributed by atoms with Crippen LogP contribution in [0.3, 0.4) is 0 Å². The SMILES string of the molecule is COc1cc(/C=N\NC(=O)COc2c(C)cc(C)cc2Br)cc(OC)c1O. The van der Waals surface area contributed by atoms with Crippen molar-refractivity contribution >= 4 is 28.1 Å². The molecule has 27 heavy (non-hydrogen) atoms. The van der Waals surface area contributed by atoms with Crippen molar-refractivity contribution < 1.29 is 24.1 Å². The summed E-state index contributed by atoms with van der Waals surface area (Å²) in [5, 5.41) is 13.8. The van der Waals surface area contributed by atoms with Crippen LogP contribution in [0.1, 0.15) is 16.7 Å². The number of hydrogen-bond donors (Lipinski definition) is 2. The highest BCUT2D eigenvalue weighted by Gasteiger charge is 2.11. The van der Waals surface area contributed by atoms with E-state index in [1.165, 1.54) is 20.4 Å². The second-order valence-electron chi connectivity index (χ2n) is 5.75. The molecule has 2 aromatic rings. The average molecular weight is 437 g/mol. The minimum atomic E-state index is -0.407. The first-order valence-electron chi connectivity index (χ1n) is 8.02. The van der Waals surface area contributed by atoms with Crippen LogP contribution >= 0.6 is 15.9 Å². The van der Waals surface area contributed by atoms with Crippen LogP contribution in [0.15, 0.2) is 33.8 Å². The number of benzene rings is 2. The van der Waals surface area contributed by atoms with E-state index in [2.05, 4.69) is 26.5 Å². The van der Waals surface area contributed by atoms with Crippen molar-refractivity contribution in [3.8, 4) is 23.0 Å². The van der Waals surface area contributed by atoms with E-state index in [1.807, 2.05) is 26.0 Å². The Morgan fingerprint density at radius 1 is 1.19 bits per heavy atom. The van der Waals surface area contributed by atoms with Crippen molar-refractivity contribution in [2.75, 3.05) is 20.8 Å². The van der Waals surface area contributed by atoms with Gasteiger partial charge in [-0.05, 0) is 59.1 Å². The van der Waals surface area contributed by atoms with E-state index in [0.29, 0.717) is 11.3 Å². The molecule has 0 aliphatic heterocycles. The van der Waals surface area contributed by atoms with Crippen molar-refractivity contribution in [3.05, 3.63) is 45.4 Å². The smallest absolute Gasteiger partial charge is 0.277 e. The second kappa shape index (κ2) is 9.27. The summed E-state index contributed by atoms with van der Waals surface area (Å²) in [6, 6.07) is 7.03. The van der Waals surface area contributed by atoms with Gasteiger partial charge in [-0.1, -0.05) is 6.07 Å². The molecular formula is C19H21BrN2O5. The molecule has 7 nitrogen and oxygen atoms in total. The summed E-state index contributed by atoms with van der Waals surface area (Å²) in [5.74, 6) is 0.590. The van der Waals surface area contributed by atoms with Gasteiger partial charge in [0.1, 0.15) is 5.75 Å². The number of hydrogen-bond acceptors (Lipinski definition) is 6. The Kier molecular flexibility index (Phi) is 7.06. The van der Waals surface area contributed by atoms with Crippen LogP contribution in [0.4, 0.5) is 0 Å². The molecule has 2 rings (SSSR count). The Labute approximate surface area is 166 Å². The average Bonchev–Trinajstić information content (AvgIpc) is 2.61. The fourth-order valence-electron chi connectivity index (χ4n) is 2.42. The van der Waals surface area contributed by atoms with Crippen molar-refractivity contribution in [3.63, 3.8) is 0 Å². The monoisotopic (exact) mass is 436 g/mol. The number of rotatable bonds is 7. The Balaban J connectivity index is 1.98. The van der Waals surface area contributed by atoms with E-state index in [0.717, 1.165) is 15.6 Å². The van der Waals surface area contributed by atoms with Crippen molar-refractivity contribution in [1.29, 1.82) is 0 Å². The lowest BCUT2D eigenvalue weighted by atomic mass is 10.1. The molecule has 8 heteroatoms. The van der Waals surface area contributed by atoms with Crippen LogP contribution in [-0.2, 0) is 4.79 Å². The van der Waals surface area contributed by atoms with Gasteiger partial charge < -0.3 is 19.3 Å². The summed E-state index contributed by atoms with van der Waals surface area (Å²) in [6.07, 6.45) is 1.41. The van der Waals surface area contributed by atoms with Gasteiger partial charge in [0.05, 0.1) is 24.9 Å². The predicted molar refractivity (Wildman–Crippen MR) is 106 cm³/mol. The molecule has 0 bridgehead atoms. The molecule has 0 heterocycles. The summed E-state index contributed by atoms with van der Waals surface area (Å²) in [4.78, 5) is 11.9. The van der Waals surface area contributed by atoms with Crippen LogP contribution in [0.2, 0.25) is 0 Å². The largest absolute Gasteiger partial charge is 0.502 e. The highest BCUT2D eigenvalue weighted by Crippen LogP contribution is 2.36. The standard InChI is InChI=1S/C19H21BrN2O5/c1-11-5-12(2)19(14(20)6-11)27-10-17(23)22-21-9-13-7-15(25-3)18(24)16(8-13)26-4/h5-9,24H,10H2,1-4H3,(H,22,23)/b21-9-. The Bertz CT molecular complexity index is 819. The van der Waals surface area contributed by atoms with Crippen LogP contribution < -0.4 is 19.6 Å². The number of nitrogens with one attached hydrogen (secondary N) is 1. The van der Waals surface area contributed by atoms with Crippen molar-refractivity contribution in [2.24, 2.45) is 5.10 Å². The third-order valence-electron chi connectivity index (χ3n) is 3.63. The number of aromatic hydroxyl groups is 1. The van der Waals surface area contributed by atoms with Crippen LogP contribution in [-0.4, -0.2) is 38.1 Å². The van der Waals surface area contributed by atoms with Gasteiger partial charge >= 0.3 is 0 Å². The van der Waals surface area contributed by atoms with E-state index in [1.54, 1.807) is 12.1 Å². The number of aryl methyl sites for hydroxylation is 2. The molecule has 0 saturated heterocycles. The van der Waals surface area contributed by atoms with Crippen LogP contribution in [0, 0.1) is 13.8 Å². The molecule has 2 N–H and O–H groups in total. The molecule has 0 saturated carbocycles. The van der Waals surface area contributed by atoms with Gasteiger partial charge in [-0.2, -0.15) is 5.10 Å². The lowest BCUT2D eigenvalue weighted by Crippen LogP contribution is -2.24. The fourth-order valence-corrected chi connectivity index (χ4v) is 3.21. The molecule has 0 spiro atoms. The predicted octanol–water partition coefficient (Wildman–Crippen LogP) is 3.32. The number of methoxy groups -OCH3 is 2. The Morgan fingerprint density at radius 2 is 1.81 bits per heavy atom. The second-order valence-corrected chi connectivity index (χ2v) is 6.60.